The summed E-state index contributed by atoms with van der Waals surface area (Å²) in [7, 11) is 0. The van der Waals surface area contributed by atoms with Gasteiger partial charge in [-0.2, -0.15) is 0 Å². The zero-order chi connectivity index (χ0) is 30.5. The summed E-state index contributed by atoms with van der Waals surface area (Å²) < 4.78 is 19.1. The predicted octanol–water partition coefficient (Wildman–Crippen LogP) is 3.92. The third kappa shape index (κ3) is 6.57. The highest BCUT2D eigenvalue weighted by Gasteiger charge is 2.33. The molecule has 2 aromatic carbocycles. The molecule has 3 aromatic rings. The molecule has 0 N–H and O–H groups in total. The van der Waals surface area contributed by atoms with Gasteiger partial charge >= 0.3 is 5.97 Å². The maximum Gasteiger partial charge on any atom is 0.338 e. The topological polar surface area (TPSA) is 99.4 Å². The number of hydrogen-bond donors (Lipinski definition) is 0. The Morgan fingerprint density at radius 2 is 1.79 bits per heavy atom. The van der Waals surface area contributed by atoms with Gasteiger partial charge in [-0.3, -0.25) is 14.2 Å². The third-order valence-electron chi connectivity index (χ3n) is 7.32. The molecule has 2 aliphatic rings. The number of thiazole rings is 1. The van der Waals surface area contributed by atoms with Gasteiger partial charge in [-0.25, -0.2) is 9.79 Å². The van der Waals surface area contributed by atoms with Crippen LogP contribution in [0, 0.1) is 0 Å². The Labute approximate surface area is 258 Å². The minimum atomic E-state index is -0.670. The summed E-state index contributed by atoms with van der Waals surface area (Å²) in [6, 6.07) is 12.5. The van der Waals surface area contributed by atoms with Gasteiger partial charge in [0.1, 0.15) is 0 Å². The monoisotopic (exact) mass is 621 g/mol. The second-order valence-corrected chi connectivity index (χ2v) is 12.0. The second kappa shape index (κ2) is 13.6. The molecule has 3 heterocycles. The van der Waals surface area contributed by atoms with E-state index in [0.29, 0.717) is 38.7 Å². The predicted molar refractivity (Wildman–Crippen MR) is 168 cm³/mol. The highest BCUT2D eigenvalue weighted by molar-refractivity contribution is 7.98. The number of hydrogen-bond acceptors (Lipinski definition) is 9. The number of rotatable bonds is 10. The summed E-state index contributed by atoms with van der Waals surface area (Å²) in [5.41, 5.74) is 2.14. The average molecular weight is 622 g/mol. The van der Waals surface area contributed by atoms with E-state index in [-0.39, 0.29) is 24.7 Å². The molecule has 1 saturated heterocycles. The number of aromatic nitrogens is 1. The first-order valence-corrected chi connectivity index (χ1v) is 16.4. The van der Waals surface area contributed by atoms with Crippen LogP contribution in [0.3, 0.4) is 0 Å². The van der Waals surface area contributed by atoms with Crippen LogP contribution in [-0.2, 0) is 14.3 Å². The van der Waals surface area contributed by atoms with Gasteiger partial charge in [0.05, 0.1) is 35.1 Å². The van der Waals surface area contributed by atoms with Crippen LogP contribution in [0.15, 0.2) is 68.4 Å². The van der Waals surface area contributed by atoms with E-state index < -0.39 is 12.0 Å². The number of ether oxygens (including phenoxy) is 3. The fraction of sp³-hybridized carbons (Fsp3) is 0.375. The normalized spacial score (nSPS) is 16.6. The molecule has 0 unspecified atom stereocenters. The number of likely N-dealkylation sites (tertiary alicyclic amines) is 1. The molecule has 9 nitrogen and oxygen atoms in total. The molecule has 1 fully saturated rings. The van der Waals surface area contributed by atoms with Crippen molar-refractivity contribution in [2.24, 2.45) is 4.99 Å². The highest BCUT2D eigenvalue weighted by Crippen LogP contribution is 2.32. The number of esters is 1. The third-order valence-corrected chi connectivity index (χ3v) is 9.05. The SMILES string of the molecule is CCOC(=O)C1=C(C)N=c2s/c(=C/c3ccc(OCC(=O)N4CCCC4)c(OCC)c3)c(=O)n2[C@H]1c1ccc(SC)cc1. The Hall–Kier alpha value is -3.83. The quantitative estimate of drug-likeness (QED) is 0.250. The maximum atomic E-state index is 13.9. The lowest BCUT2D eigenvalue weighted by atomic mass is 9.96. The lowest BCUT2D eigenvalue weighted by molar-refractivity contribution is -0.139. The summed E-state index contributed by atoms with van der Waals surface area (Å²) in [4.78, 5) is 47.6. The Kier molecular flexibility index (Phi) is 9.72. The van der Waals surface area contributed by atoms with E-state index in [9.17, 15) is 14.4 Å². The number of carbonyl (C=O) groups is 2. The van der Waals surface area contributed by atoms with Crippen molar-refractivity contribution in [3.8, 4) is 11.5 Å². The van der Waals surface area contributed by atoms with Gasteiger partial charge in [-0.15, -0.1) is 11.8 Å². The molecule has 226 valence electrons. The van der Waals surface area contributed by atoms with Crippen molar-refractivity contribution in [3.63, 3.8) is 0 Å². The lowest BCUT2D eigenvalue weighted by Gasteiger charge is -2.24. The molecule has 1 amide bonds. The van der Waals surface area contributed by atoms with E-state index in [1.54, 1.807) is 48.4 Å². The highest BCUT2D eigenvalue weighted by atomic mass is 32.2. The van der Waals surface area contributed by atoms with Crippen molar-refractivity contribution in [3.05, 3.63) is 84.5 Å². The second-order valence-electron chi connectivity index (χ2n) is 10.1. The van der Waals surface area contributed by atoms with Crippen LogP contribution in [0.4, 0.5) is 0 Å². The van der Waals surface area contributed by atoms with E-state index in [1.165, 1.54) is 11.3 Å². The van der Waals surface area contributed by atoms with Crippen LogP contribution in [0.1, 0.15) is 50.8 Å². The number of carbonyl (C=O) groups excluding carboxylic acids is 2. The molecule has 0 bridgehead atoms. The number of thioether (sulfide) groups is 1. The molecule has 1 atom stereocenters. The smallest absolute Gasteiger partial charge is 0.338 e. The molecule has 5 rings (SSSR count). The van der Waals surface area contributed by atoms with Crippen molar-refractivity contribution >= 4 is 41.1 Å². The van der Waals surface area contributed by atoms with Gasteiger partial charge < -0.3 is 19.1 Å². The first kappa shape index (κ1) is 30.6. The first-order chi connectivity index (χ1) is 20.8. The summed E-state index contributed by atoms with van der Waals surface area (Å²) in [6.07, 6.45) is 5.81. The Balaban J connectivity index is 1.52. The van der Waals surface area contributed by atoms with E-state index >= 15 is 0 Å². The van der Waals surface area contributed by atoms with Crippen molar-refractivity contribution in [2.45, 2.75) is 44.6 Å². The molecule has 0 spiro atoms. The molecule has 0 aliphatic carbocycles. The van der Waals surface area contributed by atoms with Crippen LogP contribution in [0.25, 0.3) is 6.08 Å². The molecule has 1 aromatic heterocycles. The van der Waals surface area contributed by atoms with Gasteiger partial charge in [-0.05, 0) is 81.3 Å². The summed E-state index contributed by atoms with van der Waals surface area (Å²) in [5, 5.41) is 0. The standard InChI is InChI=1S/C32H35N3O6S2/c1-5-39-25-17-21(9-14-24(25)41-19-27(36)34-15-7-8-16-34)18-26-30(37)35-29(22-10-12-23(42-4)13-11-22)28(31(38)40-6-2)20(3)33-32(35)43-26/h9-14,17-18,29H,5-8,15-16,19H2,1-4H3/b26-18+/t29-/m0/s1. The summed E-state index contributed by atoms with van der Waals surface area (Å²) in [5.74, 6) is 0.430. The Morgan fingerprint density at radius 3 is 2.47 bits per heavy atom. The zero-order valence-electron chi connectivity index (χ0n) is 24.8. The van der Waals surface area contributed by atoms with Gasteiger partial charge in [0.15, 0.2) is 22.9 Å². The molecular formula is C32H35N3O6S2. The number of allylic oxidation sites excluding steroid dienone is 1. The van der Waals surface area contributed by atoms with Crippen molar-refractivity contribution in [1.29, 1.82) is 0 Å². The molecular weight excluding hydrogens is 587 g/mol. The number of amides is 1. The van der Waals surface area contributed by atoms with Gasteiger partial charge in [0.25, 0.3) is 11.5 Å². The molecule has 43 heavy (non-hydrogen) atoms. The molecule has 0 saturated carbocycles. The van der Waals surface area contributed by atoms with Gasteiger partial charge in [-0.1, -0.05) is 29.5 Å². The van der Waals surface area contributed by atoms with Crippen LogP contribution < -0.4 is 24.4 Å². The van der Waals surface area contributed by atoms with Crippen LogP contribution in [0.5, 0.6) is 11.5 Å². The molecule has 0 radical (unpaired) electrons. The summed E-state index contributed by atoms with van der Waals surface area (Å²) in [6.45, 7) is 7.50. The molecule has 2 aliphatic heterocycles. The number of nitrogens with zero attached hydrogens (tertiary/aromatic N) is 3. The number of fused-ring (bicyclic) bond motifs is 1. The van der Waals surface area contributed by atoms with E-state index in [4.69, 9.17) is 14.2 Å². The fourth-order valence-corrected chi connectivity index (χ4v) is 6.70. The molecule has 11 heteroatoms. The van der Waals surface area contributed by atoms with Crippen LogP contribution in [0.2, 0.25) is 0 Å². The number of benzene rings is 2. The minimum Gasteiger partial charge on any atom is -0.490 e. The van der Waals surface area contributed by atoms with Crippen molar-refractivity contribution < 1.29 is 23.8 Å². The van der Waals surface area contributed by atoms with E-state index in [0.717, 1.165) is 42.0 Å². The van der Waals surface area contributed by atoms with Crippen molar-refractivity contribution in [1.82, 2.24) is 9.47 Å². The largest absolute Gasteiger partial charge is 0.490 e. The summed E-state index contributed by atoms with van der Waals surface area (Å²) >= 11 is 2.88. The van der Waals surface area contributed by atoms with Gasteiger partial charge in [0.2, 0.25) is 0 Å². The van der Waals surface area contributed by atoms with Crippen molar-refractivity contribution in [2.75, 3.05) is 39.2 Å². The average Bonchev–Trinajstić information content (AvgIpc) is 3.65. The minimum absolute atomic E-state index is 0.0414. The lowest BCUT2D eigenvalue weighted by Crippen LogP contribution is -2.39. The van der Waals surface area contributed by atoms with E-state index in [2.05, 4.69) is 4.99 Å². The van der Waals surface area contributed by atoms with Crippen LogP contribution >= 0.6 is 23.1 Å². The van der Waals surface area contributed by atoms with Crippen LogP contribution in [-0.4, -0.2) is 60.5 Å². The zero-order valence-corrected chi connectivity index (χ0v) is 26.4. The maximum absolute atomic E-state index is 13.9. The fourth-order valence-electron chi connectivity index (χ4n) is 5.24. The van der Waals surface area contributed by atoms with Gasteiger partial charge in [0, 0.05) is 18.0 Å². The first-order valence-electron chi connectivity index (χ1n) is 14.4. The Bertz CT molecular complexity index is 1720. The van der Waals surface area contributed by atoms with E-state index in [1.807, 2.05) is 48.4 Å². The Morgan fingerprint density at radius 1 is 1.05 bits per heavy atom.